The third kappa shape index (κ3) is 3.49. The molecule has 0 saturated carbocycles. The Labute approximate surface area is 134 Å². The van der Waals surface area contributed by atoms with Gasteiger partial charge in [-0.25, -0.2) is 4.79 Å². The Balaban J connectivity index is 1.52. The molecule has 0 aliphatic carbocycles. The van der Waals surface area contributed by atoms with Crippen LogP contribution in [0.4, 0.5) is 4.79 Å². The number of likely N-dealkylation sites (tertiary alicyclic amines) is 1. The third-order valence-corrected chi connectivity index (χ3v) is 4.09. The zero-order valence-corrected chi connectivity index (χ0v) is 13.0. The zero-order valence-electron chi connectivity index (χ0n) is 13.0. The van der Waals surface area contributed by atoms with Gasteiger partial charge in [0.05, 0.1) is 7.11 Å². The van der Waals surface area contributed by atoms with E-state index in [1.807, 2.05) is 24.3 Å². The van der Waals surface area contributed by atoms with Gasteiger partial charge in [-0.05, 0) is 12.1 Å². The molecule has 2 fully saturated rings. The summed E-state index contributed by atoms with van der Waals surface area (Å²) in [7, 11) is 1.61. The van der Waals surface area contributed by atoms with Crippen LogP contribution < -0.4 is 14.8 Å². The summed E-state index contributed by atoms with van der Waals surface area (Å²) < 4.78 is 16.0. The summed E-state index contributed by atoms with van der Waals surface area (Å²) in [5, 5.41) is 2.52. The van der Waals surface area contributed by atoms with Gasteiger partial charge in [0.2, 0.25) is 5.91 Å². The smallest absolute Gasteiger partial charge is 0.407 e. The number of carbonyl (C=O) groups is 2. The largest absolute Gasteiger partial charge is 0.493 e. The summed E-state index contributed by atoms with van der Waals surface area (Å²) in [6.45, 7) is 1.31. The van der Waals surface area contributed by atoms with Crippen molar-refractivity contribution in [2.75, 3.05) is 26.8 Å². The molecule has 1 aromatic rings. The van der Waals surface area contributed by atoms with E-state index in [-0.39, 0.29) is 18.6 Å². The molecule has 2 heterocycles. The van der Waals surface area contributed by atoms with Crippen LogP contribution in [0.5, 0.6) is 11.5 Å². The number of alkyl carbamates (subject to hydrolysis) is 1. The lowest BCUT2D eigenvalue weighted by molar-refractivity contribution is -0.134. The topological polar surface area (TPSA) is 77.1 Å². The number of rotatable bonds is 4. The van der Waals surface area contributed by atoms with Gasteiger partial charge in [-0.2, -0.15) is 0 Å². The van der Waals surface area contributed by atoms with Crippen LogP contribution >= 0.6 is 0 Å². The molecule has 1 atom stereocenters. The third-order valence-electron chi connectivity index (χ3n) is 4.09. The zero-order chi connectivity index (χ0) is 16.2. The lowest BCUT2D eigenvalue weighted by atomic mass is 10.1. The van der Waals surface area contributed by atoms with Crippen molar-refractivity contribution in [1.82, 2.24) is 10.2 Å². The molecular weight excluding hydrogens is 300 g/mol. The molecule has 2 aliphatic rings. The number of ether oxygens (including phenoxy) is 3. The molecule has 2 aliphatic heterocycles. The van der Waals surface area contributed by atoms with E-state index in [9.17, 15) is 9.59 Å². The maximum absolute atomic E-state index is 12.3. The van der Waals surface area contributed by atoms with Gasteiger partial charge in [0, 0.05) is 25.9 Å². The fourth-order valence-corrected chi connectivity index (χ4v) is 2.83. The van der Waals surface area contributed by atoms with Gasteiger partial charge >= 0.3 is 6.09 Å². The Morgan fingerprint density at radius 3 is 2.57 bits per heavy atom. The number of methoxy groups -OCH3 is 1. The lowest BCUT2D eigenvalue weighted by Crippen LogP contribution is -2.49. The normalized spacial score (nSPS) is 21.5. The highest BCUT2D eigenvalue weighted by Crippen LogP contribution is 2.29. The van der Waals surface area contributed by atoms with Crippen molar-refractivity contribution in [3.8, 4) is 11.5 Å². The summed E-state index contributed by atoms with van der Waals surface area (Å²) >= 11 is 0. The molecule has 124 valence electrons. The van der Waals surface area contributed by atoms with E-state index in [4.69, 9.17) is 14.2 Å². The van der Waals surface area contributed by atoms with Crippen molar-refractivity contribution in [3.05, 3.63) is 24.3 Å². The fourth-order valence-electron chi connectivity index (χ4n) is 2.83. The second-order valence-electron chi connectivity index (χ2n) is 5.59. The monoisotopic (exact) mass is 320 g/mol. The minimum Gasteiger partial charge on any atom is -0.493 e. The predicted molar refractivity (Wildman–Crippen MR) is 81.5 cm³/mol. The highest BCUT2D eigenvalue weighted by molar-refractivity contribution is 5.87. The minimum absolute atomic E-state index is 0.0461. The van der Waals surface area contributed by atoms with E-state index in [1.54, 1.807) is 12.0 Å². The number of nitrogens with one attached hydrogen (secondary N) is 1. The predicted octanol–water partition coefficient (Wildman–Crippen LogP) is 1.17. The Morgan fingerprint density at radius 2 is 1.96 bits per heavy atom. The first-order chi connectivity index (χ1) is 11.2. The Hall–Kier alpha value is -2.44. The first-order valence-corrected chi connectivity index (χ1v) is 7.69. The number of piperidine rings is 1. The first-order valence-electron chi connectivity index (χ1n) is 7.69. The molecular formula is C16H20N2O5. The van der Waals surface area contributed by atoms with Crippen LogP contribution in [-0.2, 0) is 9.53 Å². The quantitative estimate of drug-likeness (QED) is 0.901. The molecule has 7 heteroatoms. The Kier molecular flexibility index (Phi) is 4.55. The van der Waals surface area contributed by atoms with E-state index in [0.717, 1.165) is 18.6 Å². The summed E-state index contributed by atoms with van der Waals surface area (Å²) in [4.78, 5) is 25.1. The molecule has 0 aromatic heterocycles. The van der Waals surface area contributed by atoms with E-state index >= 15 is 0 Å². The second-order valence-corrected chi connectivity index (χ2v) is 5.59. The molecule has 7 nitrogen and oxygen atoms in total. The number of hydrogen-bond acceptors (Lipinski definition) is 5. The number of nitrogens with zero attached hydrogens (tertiary/aromatic N) is 1. The molecule has 0 bridgehead atoms. The summed E-state index contributed by atoms with van der Waals surface area (Å²) in [5.41, 5.74) is 0. The van der Waals surface area contributed by atoms with Gasteiger partial charge in [0.1, 0.15) is 18.8 Å². The van der Waals surface area contributed by atoms with Crippen molar-refractivity contribution in [1.29, 1.82) is 0 Å². The molecule has 0 radical (unpaired) electrons. The first kappa shape index (κ1) is 15.5. The number of hydrogen-bond donors (Lipinski definition) is 1. The van der Waals surface area contributed by atoms with E-state index in [2.05, 4.69) is 5.32 Å². The molecule has 23 heavy (non-hydrogen) atoms. The highest BCUT2D eigenvalue weighted by atomic mass is 16.6. The van der Waals surface area contributed by atoms with Crippen LogP contribution in [0.15, 0.2) is 24.3 Å². The summed E-state index contributed by atoms with van der Waals surface area (Å²) in [6, 6.07) is 6.97. The van der Waals surface area contributed by atoms with E-state index < -0.39 is 12.1 Å². The number of amides is 2. The maximum atomic E-state index is 12.3. The minimum atomic E-state index is -0.561. The van der Waals surface area contributed by atoms with Gasteiger partial charge in [0.15, 0.2) is 11.5 Å². The Morgan fingerprint density at radius 1 is 1.26 bits per heavy atom. The van der Waals surface area contributed by atoms with Crippen molar-refractivity contribution in [2.45, 2.75) is 25.0 Å². The standard InChI is InChI=1S/C16H20N2O5/c1-21-13-4-2-3-5-14(13)23-11-6-8-18(9-7-11)15(19)12-10-22-16(20)17-12/h2-5,11-12H,6-10H2,1H3,(H,17,20)/t12-/m0/s1. The van der Waals surface area contributed by atoms with Crippen molar-refractivity contribution < 1.29 is 23.8 Å². The summed E-state index contributed by atoms with van der Waals surface area (Å²) in [5.74, 6) is 1.33. The SMILES string of the molecule is COc1ccccc1OC1CCN(C(=O)[C@@H]2COC(=O)N2)CC1. The average molecular weight is 320 g/mol. The second kappa shape index (κ2) is 6.76. The number of carbonyl (C=O) groups excluding carboxylic acids is 2. The van der Waals surface area contributed by atoms with Gasteiger partial charge in [0.25, 0.3) is 0 Å². The molecule has 2 amide bonds. The number of para-hydroxylation sites is 2. The molecule has 0 spiro atoms. The fraction of sp³-hybridized carbons (Fsp3) is 0.500. The highest BCUT2D eigenvalue weighted by Gasteiger charge is 2.34. The average Bonchev–Trinajstić information content (AvgIpc) is 3.02. The van der Waals surface area contributed by atoms with Crippen molar-refractivity contribution in [3.63, 3.8) is 0 Å². The van der Waals surface area contributed by atoms with Crippen molar-refractivity contribution >= 4 is 12.0 Å². The van der Waals surface area contributed by atoms with Gasteiger partial charge in [-0.1, -0.05) is 12.1 Å². The van der Waals surface area contributed by atoms with E-state index in [0.29, 0.717) is 18.8 Å². The number of cyclic esters (lactones) is 1. The molecule has 0 unspecified atom stereocenters. The molecule has 1 aromatic carbocycles. The Bertz CT molecular complexity index is 584. The number of benzene rings is 1. The van der Waals surface area contributed by atoms with Crippen LogP contribution in [0.1, 0.15) is 12.8 Å². The maximum Gasteiger partial charge on any atom is 0.407 e. The lowest BCUT2D eigenvalue weighted by Gasteiger charge is -2.33. The van der Waals surface area contributed by atoms with Crippen LogP contribution in [-0.4, -0.2) is 55.9 Å². The van der Waals surface area contributed by atoms with Crippen LogP contribution in [0.25, 0.3) is 0 Å². The van der Waals surface area contributed by atoms with Crippen molar-refractivity contribution in [2.24, 2.45) is 0 Å². The summed E-state index contributed by atoms with van der Waals surface area (Å²) in [6.07, 6.45) is 0.999. The van der Waals surface area contributed by atoms with Crippen LogP contribution in [0, 0.1) is 0 Å². The van der Waals surface area contributed by atoms with Crippen LogP contribution in [0.3, 0.4) is 0 Å². The molecule has 3 rings (SSSR count). The van der Waals surface area contributed by atoms with Gasteiger partial charge in [-0.15, -0.1) is 0 Å². The molecule has 1 N–H and O–H groups in total. The van der Waals surface area contributed by atoms with Crippen LogP contribution in [0.2, 0.25) is 0 Å². The van der Waals surface area contributed by atoms with Gasteiger partial charge < -0.3 is 24.4 Å². The molecule has 2 saturated heterocycles. The van der Waals surface area contributed by atoms with Gasteiger partial charge in [-0.3, -0.25) is 4.79 Å². The van der Waals surface area contributed by atoms with E-state index in [1.165, 1.54) is 0 Å².